The van der Waals surface area contributed by atoms with Gasteiger partial charge in [0.05, 0.1) is 18.6 Å². The van der Waals surface area contributed by atoms with Crippen LogP contribution in [0.2, 0.25) is 0 Å². The minimum atomic E-state index is -0.0954. The lowest BCUT2D eigenvalue weighted by molar-refractivity contribution is -0.121. The average Bonchev–Trinajstić information content (AvgIpc) is 2.97. The van der Waals surface area contributed by atoms with Crippen molar-refractivity contribution in [2.45, 2.75) is 19.8 Å². The number of benzene rings is 1. The van der Waals surface area contributed by atoms with E-state index >= 15 is 0 Å². The van der Waals surface area contributed by atoms with Crippen molar-refractivity contribution in [1.82, 2.24) is 9.88 Å². The Bertz CT molecular complexity index is 897. The van der Waals surface area contributed by atoms with E-state index in [1.165, 1.54) is 16.7 Å². The number of hydrogen-bond acceptors (Lipinski definition) is 6. The molecule has 2 heterocycles. The summed E-state index contributed by atoms with van der Waals surface area (Å²) >= 11 is 1.33. The van der Waals surface area contributed by atoms with Crippen molar-refractivity contribution in [2.75, 3.05) is 20.8 Å². The zero-order valence-corrected chi connectivity index (χ0v) is 17.0. The first-order valence-corrected chi connectivity index (χ1v) is 9.92. The molecule has 146 valence electrons. The van der Waals surface area contributed by atoms with E-state index in [2.05, 4.69) is 16.9 Å². The Kier molecular flexibility index (Phi) is 6.71. The molecule has 1 aromatic carbocycles. The number of pyridine rings is 1. The van der Waals surface area contributed by atoms with Crippen molar-refractivity contribution < 1.29 is 14.3 Å². The van der Waals surface area contributed by atoms with Crippen LogP contribution >= 0.6 is 11.8 Å². The highest BCUT2D eigenvalue weighted by Crippen LogP contribution is 2.34. The molecule has 0 N–H and O–H groups in total. The number of amidine groups is 1. The van der Waals surface area contributed by atoms with E-state index < -0.39 is 0 Å². The van der Waals surface area contributed by atoms with Crippen LogP contribution in [0.4, 0.5) is 5.82 Å². The van der Waals surface area contributed by atoms with Gasteiger partial charge in [-0.3, -0.25) is 9.69 Å². The summed E-state index contributed by atoms with van der Waals surface area (Å²) in [4.78, 5) is 23.4. The van der Waals surface area contributed by atoms with Gasteiger partial charge in [0.15, 0.2) is 22.5 Å². The van der Waals surface area contributed by atoms with Crippen molar-refractivity contribution in [3.63, 3.8) is 0 Å². The molecule has 0 bridgehead atoms. The summed E-state index contributed by atoms with van der Waals surface area (Å²) in [6.07, 6.45) is 5.57. The van der Waals surface area contributed by atoms with Gasteiger partial charge in [-0.2, -0.15) is 0 Å². The van der Waals surface area contributed by atoms with Gasteiger partial charge in [-0.25, -0.2) is 9.98 Å². The van der Waals surface area contributed by atoms with Crippen LogP contribution in [0.5, 0.6) is 11.5 Å². The fourth-order valence-corrected chi connectivity index (χ4v) is 3.52. The molecule has 0 unspecified atom stereocenters. The maximum atomic E-state index is 12.6. The number of amides is 1. The number of ether oxygens (including phenoxy) is 2. The Morgan fingerprint density at radius 1 is 1.25 bits per heavy atom. The van der Waals surface area contributed by atoms with Gasteiger partial charge in [-0.1, -0.05) is 25.5 Å². The molecular formula is C21H23N3O3S. The molecule has 1 fully saturated rings. The lowest BCUT2D eigenvalue weighted by Crippen LogP contribution is -2.23. The van der Waals surface area contributed by atoms with Crippen LogP contribution in [0.25, 0.3) is 6.08 Å². The molecule has 0 aliphatic carbocycles. The molecular weight excluding hydrogens is 374 g/mol. The molecule has 2 aromatic rings. The van der Waals surface area contributed by atoms with E-state index in [9.17, 15) is 4.79 Å². The topological polar surface area (TPSA) is 64.0 Å². The molecule has 1 aliphatic heterocycles. The Hall–Kier alpha value is -2.80. The van der Waals surface area contributed by atoms with E-state index in [1.54, 1.807) is 26.4 Å². The molecule has 28 heavy (non-hydrogen) atoms. The lowest BCUT2D eigenvalue weighted by Gasteiger charge is -2.11. The molecule has 0 saturated carbocycles. The summed E-state index contributed by atoms with van der Waals surface area (Å²) in [6.45, 7) is 2.77. The number of aliphatic imine (C=N–C) groups is 1. The maximum absolute atomic E-state index is 12.6. The molecule has 0 radical (unpaired) electrons. The molecule has 1 aromatic heterocycles. The Labute approximate surface area is 169 Å². The van der Waals surface area contributed by atoms with Crippen LogP contribution in [0.3, 0.4) is 0 Å². The highest BCUT2D eigenvalue weighted by atomic mass is 32.2. The van der Waals surface area contributed by atoms with Crippen LogP contribution in [-0.4, -0.2) is 41.7 Å². The number of hydrogen-bond donors (Lipinski definition) is 0. The summed E-state index contributed by atoms with van der Waals surface area (Å²) in [5.74, 6) is 1.83. The average molecular weight is 398 g/mol. The maximum Gasteiger partial charge on any atom is 0.266 e. The van der Waals surface area contributed by atoms with Crippen LogP contribution in [0.15, 0.2) is 52.5 Å². The summed E-state index contributed by atoms with van der Waals surface area (Å²) in [7, 11) is 3.32. The summed E-state index contributed by atoms with van der Waals surface area (Å²) in [5.41, 5.74) is 0.864. The first-order valence-electron chi connectivity index (χ1n) is 9.10. The molecule has 1 saturated heterocycles. The van der Waals surface area contributed by atoms with Gasteiger partial charge in [0.25, 0.3) is 5.91 Å². The molecule has 1 aliphatic rings. The van der Waals surface area contributed by atoms with Gasteiger partial charge >= 0.3 is 0 Å². The molecule has 0 spiro atoms. The number of methoxy groups -OCH3 is 1. The third-order valence-electron chi connectivity index (χ3n) is 4.10. The van der Waals surface area contributed by atoms with Crippen LogP contribution in [0.1, 0.15) is 25.3 Å². The van der Waals surface area contributed by atoms with Gasteiger partial charge in [-0.15, -0.1) is 0 Å². The first kappa shape index (κ1) is 19.9. The highest BCUT2D eigenvalue weighted by molar-refractivity contribution is 8.18. The van der Waals surface area contributed by atoms with Crippen molar-refractivity contribution in [3.05, 3.63) is 53.1 Å². The molecule has 0 atom stereocenters. The molecule has 1 amide bonds. The second-order valence-corrected chi connectivity index (χ2v) is 7.18. The number of carbonyl (C=O) groups is 1. The van der Waals surface area contributed by atoms with E-state index in [0.29, 0.717) is 34.0 Å². The standard InChI is InChI=1S/C21H23N3O3S/c1-4-5-12-27-16-10-9-15(13-17(16)26-3)14-18-20(25)24(2)21(28-18)23-19-8-6-7-11-22-19/h6-11,13-14H,4-5,12H2,1-3H3/b18-14-,23-21+. The van der Waals surface area contributed by atoms with E-state index in [4.69, 9.17) is 9.47 Å². The SMILES string of the molecule is CCCCOc1ccc(/C=C2\S/C(=N/c3ccccn3)N(C)C2=O)cc1OC. The predicted molar refractivity (Wildman–Crippen MR) is 113 cm³/mol. The summed E-state index contributed by atoms with van der Waals surface area (Å²) in [6, 6.07) is 11.2. The Morgan fingerprint density at radius 2 is 2.11 bits per heavy atom. The molecule has 6 nitrogen and oxygen atoms in total. The molecule has 7 heteroatoms. The monoisotopic (exact) mass is 397 g/mol. The van der Waals surface area contributed by atoms with Crippen molar-refractivity contribution in [3.8, 4) is 11.5 Å². The number of carbonyl (C=O) groups excluding carboxylic acids is 1. The quantitative estimate of drug-likeness (QED) is 0.508. The van der Waals surface area contributed by atoms with Gasteiger partial charge in [-0.05, 0) is 54.1 Å². The minimum Gasteiger partial charge on any atom is -0.493 e. The summed E-state index contributed by atoms with van der Waals surface area (Å²) < 4.78 is 11.2. The number of thioether (sulfide) groups is 1. The summed E-state index contributed by atoms with van der Waals surface area (Å²) in [5, 5.41) is 0.599. The predicted octanol–water partition coefficient (Wildman–Crippen LogP) is 4.50. The molecule has 3 rings (SSSR count). The smallest absolute Gasteiger partial charge is 0.266 e. The zero-order valence-electron chi connectivity index (χ0n) is 16.2. The van der Waals surface area contributed by atoms with Crippen molar-refractivity contribution in [2.24, 2.45) is 4.99 Å². The highest BCUT2D eigenvalue weighted by Gasteiger charge is 2.30. The number of likely N-dealkylation sites (N-methyl/N-ethyl adjacent to an activating group) is 1. The van der Waals surface area contributed by atoms with Crippen LogP contribution < -0.4 is 9.47 Å². The third kappa shape index (κ3) is 4.72. The van der Waals surface area contributed by atoms with E-state index in [0.717, 1.165) is 18.4 Å². The Balaban J connectivity index is 1.81. The van der Waals surface area contributed by atoms with Crippen LogP contribution in [0, 0.1) is 0 Å². The van der Waals surface area contributed by atoms with E-state index in [-0.39, 0.29) is 5.91 Å². The first-order chi connectivity index (χ1) is 13.6. The fraction of sp³-hybridized carbons (Fsp3) is 0.286. The van der Waals surface area contributed by atoms with Gasteiger partial charge in [0.1, 0.15) is 0 Å². The van der Waals surface area contributed by atoms with Gasteiger partial charge in [0, 0.05) is 13.2 Å². The Morgan fingerprint density at radius 3 is 2.82 bits per heavy atom. The van der Waals surface area contributed by atoms with E-state index in [1.807, 2.05) is 36.4 Å². The second-order valence-electron chi connectivity index (χ2n) is 6.17. The number of rotatable bonds is 7. The van der Waals surface area contributed by atoms with Crippen LogP contribution in [-0.2, 0) is 4.79 Å². The van der Waals surface area contributed by atoms with Crippen molar-refractivity contribution >= 4 is 34.7 Å². The van der Waals surface area contributed by atoms with Crippen molar-refractivity contribution in [1.29, 1.82) is 0 Å². The number of nitrogens with zero attached hydrogens (tertiary/aromatic N) is 3. The third-order valence-corrected chi connectivity index (χ3v) is 5.16. The number of unbranched alkanes of at least 4 members (excludes halogenated alkanes) is 1. The zero-order chi connectivity index (χ0) is 19.9. The normalized spacial score (nSPS) is 16.8. The van der Waals surface area contributed by atoms with Gasteiger partial charge < -0.3 is 9.47 Å². The number of aromatic nitrogens is 1. The fourth-order valence-electron chi connectivity index (χ4n) is 2.54. The largest absolute Gasteiger partial charge is 0.493 e. The van der Waals surface area contributed by atoms with Gasteiger partial charge in [0.2, 0.25) is 0 Å². The minimum absolute atomic E-state index is 0.0954. The lowest BCUT2D eigenvalue weighted by atomic mass is 10.2. The second kappa shape index (κ2) is 9.41.